The number of ether oxygens (including phenoxy) is 2. The molecule has 4 aliphatic rings. The maximum atomic E-state index is 11.8. The lowest BCUT2D eigenvalue weighted by atomic mass is 9.46. The Morgan fingerprint density at radius 1 is 1.07 bits per heavy atom. The van der Waals surface area contributed by atoms with E-state index < -0.39 is 0 Å². The second-order valence-corrected chi connectivity index (χ2v) is 9.85. The Labute approximate surface area is 167 Å². The minimum absolute atomic E-state index is 0.104. The number of aryl methyl sites for hydroxylation is 1. The Morgan fingerprint density at radius 2 is 1.89 bits per heavy atom. The van der Waals surface area contributed by atoms with Crippen molar-refractivity contribution in [1.29, 1.82) is 0 Å². The molecule has 6 atom stereocenters. The molecule has 0 saturated heterocycles. The van der Waals surface area contributed by atoms with Crippen LogP contribution in [0.4, 0.5) is 0 Å². The summed E-state index contributed by atoms with van der Waals surface area (Å²) in [5, 5.41) is 0. The molecular weight excluding hydrogens is 352 g/mol. The van der Waals surface area contributed by atoms with Gasteiger partial charge in [0.1, 0.15) is 11.9 Å². The van der Waals surface area contributed by atoms with Crippen molar-refractivity contribution in [2.45, 2.75) is 77.7 Å². The monoisotopic (exact) mass is 382 g/mol. The molecule has 0 heterocycles. The van der Waals surface area contributed by atoms with Crippen molar-refractivity contribution in [1.82, 2.24) is 0 Å². The number of hydrogen-bond donors (Lipinski definition) is 0. The summed E-state index contributed by atoms with van der Waals surface area (Å²) in [6, 6.07) is 6.24. The fourth-order valence-corrected chi connectivity index (χ4v) is 7.84. The van der Waals surface area contributed by atoms with Crippen LogP contribution < -0.4 is 4.74 Å². The van der Waals surface area contributed by atoms with Gasteiger partial charge in [0, 0.05) is 19.3 Å². The predicted octanol–water partition coefficient (Wildman–Crippen LogP) is 4.79. The number of fused-ring (bicyclic) bond motifs is 4. The summed E-state index contributed by atoms with van der Waals surface area (Å²) in [7, 11) is 0. The number of carbonyl (C=O) groups excluding carboxylic acids is 2. The van der Waals surface area contributed by atoms with Crippen LogP contribution in [0.25, 0.3) is 0 Å². The van der Waals surface area contributed by atoms with Crippen LogP contribution in [0.2, 0.25) is 0 Å². The van der Waals surface area contributed by atoms with E-state index in [1.165, 1.54) is 43.7 Å². The molecular formula is C24H30O4. The van der Waals surface area contributed by atoms with Gasteiger partial charge in [-0.3, -0.25) is 9.59 Å². The summed E-state index contributed by atoms with van der Waals surface area (Å²) in [6.07, 6.45) is 8.35. The van der Waals surface area contributed by atoms with E-state index in [0.29, 0.717) is 28.9 Å². The van der Waals surface area contributed by atoms with Crippen LogP contribution in [-0.2, 0) is 20.7 Å². The van der Waals surface area contributed by atoms with Crippen molar-refractivity contribution in [2.24, 2.45) is 22.7 Å². The van der Waals surface area contributed by atoms with E-state index in [1.54, 1.807) is 6.92 Å². The number of benzene rings is 1. The zero-order valence-electron chi connectivity index (χ0n) is 17.1. The van der Waals surface area contributed by atoms with Crippen molar-refractivity contribution in [3.8, 4) is 5.75 Å². The Morgan fingerprint density at radius 3 is 2.64 bits per heavy atom. The highest BCUT2D eigenvalue weighted by atomic mass is 16.5. The van der Waals surface area contributed by atoms with Crippen molar-refractivity contribution in [3.63, 3.8) is 0 Å². The van der Waals surface area contributed by atoms with Gasteiger partial charge >= 0.3 is 11.9 Å². The summed E-state index contributed by atoms with van der Waals surface area (Å²) in [5.74, 6) is 2.07. The molecule has 0 unspecified atom stereocenters. The van der Waals surface area contributed by atoms with Crippen molar-refractivity contribution in [3.05, 3.63) is 29.3 Å². The maximum Gasteiger partial charge on any atom is 0.308 e. The van der Waals surface area contributed by atoms with Gasteiger partial charge in [0.2, 0.25) is 0 Å². The second kappa shape index (κ2) is 6.08. The van der Waals surface area contributed by atoms with Crippen LogP contribution in [-0.4, -0.2) is 18.0 Å². The highest BCUT2D eigenvalue weighted by Gasteiger charge is 2.70. The van der Waals surface area contributed by atoms with Gasteiger partial charge in [-0.25, -0.2) is 0 Å². The zero-order chi connectivity index (χ0) is 19.7. The van der Waals surface area contributed by atoms with Crippen LogP contribution >= 0.6 is 0 Å². The quantitative estimate of drug-likeness (QED) is 0.545. The maximum absolute atomic E-state index is 11.8. The minimum Gasteiger partial charge on any atom is -0.462 e. The molecule has 0 aromatic heterocycles. The SMILES string of the molecule is CC(=O)Oc1ccc2c(c1)CC[C@@H]1[C@@H]2CC[C@]2(C)[C@H](OC(C)=O)[C@H]3CC[C@@]12C3. The molecule has 5 rings (SSSR count). The second-order valence-electron chi connectivity index (χ2n) is 9.85. The first-order valence-corrected chi connectivity index (χ1v) is 10.8. The minimum atomic E-state index is -0.263. The van der Waals surface area contributed by atoms with Gasteiger partial charge in [0.25, 0.3) is 0 Å². The largest absolute Gasteiger partial charge is 0.462 e. The van der Waals surface area contributed by atoms with Gasteiger partial charge in [-0.1, -0.05) is 13.0 Å². The fraction of sp³-hybridized carbons (Fsp3) is 0.667. The molecule has 3 fully saturated rings. The number of hydrogen-bond acceptors (Lipinski definition) is 4. The lowest BCUT2D eigenvalue weighted by Gasteiger charge is -2.59. The van der Waals surface area contributed by atoms with E-state index in [0.717, 1.165) is 19.3 Å². The molecule has 2 bridgehead atoms. The Bertz CT molecular complexity index is 845. The highest BCUT2D eigenvalue weighted by molar-refractivity contribution is 5.69. The molecule has 4 nitrogen and oxygen atoms in total. The summed E-state index contributed by atoms with van der Waals surface area (Å²) < 4.78 is 11.2. The van der Waals surface area contributed by atoms with Crippen molar-refractivity contribution < 1.29 is 19.1 Å². The molecule has 28 heavy (non-hydrogen) atoms. The summed E-state index contributed by atoms with van der Waals surface area (Å²) in [5.41, 5.74) is 3.25. The van der Waals surface area contributed by atoms with Crippen LogP contribution in [0.3, 0.4) is 0 Å². The van der Waals surface area contributed by atoms with Crippen LogP contribution in [0, 0.1) is 22.7 Å². The van der Waals surface area contributed by atoms with Crippen LogP contribution in [0.1, 0.15) is 76.3 Å². The molecule has 1 spiro atoms. The van der Waals surface area contributed by atoms with Gasteiger partial charge < -0.3 is 9.47 Å². The normalized spacial score (nSPS) is 40.2. The molecule has 0 amide bonds. The first-order chi connectivity index (χ1) is 13.3. The lowest BCUT2D eigenvalue weighted by molar-refractivity contribution is -0.171. The smallest absolute Gasteiger partial charge is 0.308 e. The molecule has 0 radical (unpaired) electrons. The van der Waals surface area contributed by atoms with Crippen molar-refractivity contribution in [2.75, 3.05) is 0 Å². The van der Waals surface area contributed by atoms with Gasteiger partial charge in [0.05, 0.1) is 0 Å². The molecule has 150 valence electrons. The first kappa shape index (κ1) is 18.2. The summed E-state index contributed by atoms with van der Waals surface area (Å²) >= 11 is 0. The van der Waals surface area contributed by atoms with E-state index in [-0.39, 0.29) is 23.5 Å². The Balaban J connectivity index is 1.49. The van der Waals surface area contributed by atoms with Gasteiger partial charge in [-0.05, 0) is 91.4 Å². The summed E-state index contributed by atoms with van der Waals surface area (Å²) in [6.45, 7) is 5.42. The third kappa shape index (κ3) is 2.36. The fourth-order valence-electron chi connectivity index (χ4n) is 7.84. The first-order valence-electron chi connectivity index (χ1n) is 10.8. The van der Waals surface area contributed by atoms with E-state index in [4.69, 9.17) is 9.47 Å². The van der Waals surface area contributed by atoms with Crippen molar-refractivity contribution >= 4 is 11.9 Å². The topological polar surface area (TPSA) is 52.6 Å². The average molecular weight is 383 g/mol. The average Bonchev–Trinajstić information content (AvgIpc) is 3.16. The molecule has 0 N–H and O–H groups in total. The molecule has 1 aromatic rings. The zero-order valence-corrected chi connectivity index (χ0v) is 17.1. The lowest BCUT2D eigenvalue weighted by Crippen LogP contribution is -2.54. The third-order valence-corrected chi connectivity index (χ3v) is 8.74. The standard InChI is InChI=1S/C24H30O4/c1-14(25)27-18-5-6-19-16(12-18)4-7-21-20(19)9-10-23(3)22(28-15(2)26)17-8-11-24(21,23)13-17/h5-6,12,17,20-22H,4,7-11,13H2,1-3H3/t17-,20+,21+,22+,23+,24+/m0/s1. The summed E-state index contributed by atoms with van der Waals surface area (Å²) in [4.78, 5) is 23.1. The molecule has 4 aliphatic carbocycles. The van der Waals surface area contributed by atoms with Gasteiger partial charge in [-0.15, -0.1) is 0 Å². The van der Waals surface area contributed by atoms with Gasteiger partial charge in [0.15, 0.2) is 0 Å². The van der Waals surface area contributed by atoms with E-state index in [1.807, 2.05) is 6.07 Å². The number of esters is 2. The van der Waals surface area contributed by atoms with E-state index in [9.17, 15) is 9.59 Å². The van der Waals surface area contributed by atoms with E-state index in [2.05, 4.69) is 19.1 Å². The Kier molecular flexibility index (Phi) is 3.95. The predicted molar refractivity (Wildman–Crippen MR) is 105 cm³/mol. The molecule has 0 aliphatic heterocycles. The number of carbonyl (C=O) groups is 2. The third-order valence-electron chi connectivity index (χ3n) is 8.74. The van der Waals surface area contributed by atoms with E-state index >= 15 is 0 Å². The number of rotatable bonds is 2. The molecule has 3 saturated carbocycles. The van der Waals surface area contributed by atoms with Gasteiger partial charge in [-0.2, -0.15) is 0 Å². The molecule has 4 heteroatoms. The van der Waals surface area contributed by atoms with Crippen LogP contribution in [0.15, 0.2) is 18.2 Å². The highest BCUT2D eigenvalue weighted by Crippen LogP contribution is 2.75. The Hall–Kier alpha value is -1.84. The van der Waals surface area contributed by atoms with Crippen LogP contribution in [0.5, 0.6) is 5.75 Å². The molecule has 1 aromatic carbocycles.